The molecular formula is C12H15NO2. The van der Waals surface area contributed by atoms with Crippen molar-refractivity contribution >= 4 is 0 Å². The summed E-state index contributed by atoms with van der Waals surface area (Å²) in [7, 11) is 0. The maximum Gasteiger partial charge on any atom is 0.162 e. The zero-order chi connectivity index (χ0) is 10.1. The van der Waals surface area contributed by atoms with Crippen LogP contribution in [-0.4, -0.2) is 31.6 Å². The fourth-order valence-corrected chi connectivity index (χ4v) is 2.23. The molecule has 2 aliphatic rings. The molecule has 0 spiro atoms. The van der Waals surface area contributed by atoms with Crippen molar-refractivity contribution in [3.05, 3.63) is 35.9 Å². The topological polar surface area (TPSA) is 30.5 Å². The summed E-state index contributed by atoms with van der Waals surface area (Å²) in [6.07, 6.45) is 1.33. The second kappa shape index (κ2) is 3.93. The zero-order valence-electron chi connectivity index (χ0n) is 8.56. The molecule has 2 saturated heterocycles. The molecule has 0 saturated carbocycles. The van der Waals surface area contributed by atoms with E-state index in [2.05, 4.69) is 17.4 Å². The summed E-state index contributed by atoms with van der Waals surface area (Å²) in [6, 6.07) is 10.3. The number of benzene rings is 1. The summed E-state index contributed by atoms with van der Waals surface area (Å²) >= 11 is 0. The van der Waals surface area contributed by atoms with Gasteiger partial charge >= 0.3 is 0 Å². The first-order valence-electron chi connectivity index (χ1n) is 5.47. The fourth-order valence-electron chi connectivity index (χ4n) is 2.23. The summed E-state index contributed by atoms with van der Waals surface area (Å²) < 4.78 is 11.6. The lowest BCUT2D eigenvalue weighted by Gasteiger charge is -2.11. The maximum absolute atomic E-state index is 5.80. The molecule has 0 amide bonds. The molecule has 0 aliphatic carbocycles. The Morgan fingerprint density at radius 3 is 2.40 bits per heavy atom. The van der Waals surface area contributed by atoms with Gasteiger partial charge in [0.25, 0.3) is 0 Å². The third kappa shape index (κ3) is 1.91. The van der Waals surface area contributed by atoms with Crippen LogP contribution in [0.4, 0.5) is 0 Å². The Balaban J connectivity index is 1.62. The van der Waals surface area contributed by atoms with Gasteiger partial charge in [0.2, 0.25) is 0 Å². The zero-order valence-corrected chi connectivity index (χ0v) is 8.56. The van der Waals surface area contributed by atoms with Crippen molar-refractivity contribution < 1.29 is 9.47 Å². The molecule has 3 nitrogen and oxygen atoms in total. The Labute approximate surface area is 89.4 Å². The average Bonchev–Trinajstić information content (AvgIpc) is 2.79. The van der Waals surface area contributed by atoms with Crippen LogP contribution in [0.3, 0.4) is 0 Å². The molecule has 2 aliphatic heterocycles. The molecule has 1 aromatic carbocycles. The van der Waals surface area contributed by atoms with Crippen molar-refractivity contribution in [1.29, 1.82) is 0 Å². The molecular weight excluding hydrogens is 190 g/mol. The number of rotatable bonds is 2. The van der Waals surface area contributed by atoms with Gasteiger partial charge < -0.3 is 14.8 Å². The van der Waals surface area contributed by atoms with Gasteiger partial charge in [0, 0.05) is 19.5 Å². The van der Waals surface area contributed by atoms with Crippen LogP contribution in [-0.2, 0) is 15.9 Å². The summed E-state index contributed by atoms with van der Waals surface area (Å²) in [5.74, 6) is 0. The normalized spacial score (nSPS) is 34.3. The van der Waals surface area contributed by atoms with E-state index in [4.69, 9.17) is 9.47 Å². The minimum absolute atomic E-state index is 0.0514. The van der Waals surface area contributed by atoms with Crippen LogP contribution in [0.1, 0.15) is 5.56 Å². The van der Waals surface area contributed by atoms with Crippen LogP contribution in [0.25, 0.3) is 0 Å². The highest BCUT2D eigenvalue weighted by Gasteiger charge is 2.39. The van der Waals surface area contributed by atoms with Crippen molar-refractivity contribution in [3.8, 4) is 0 Å². The van der Waals surface area contributed by atoms with Gasteiger partial charge in [-0.15, -0.1) is 0 Å². The van der Waals surface area contributed by atoms with Crippen LogP contribution in [0.15, 0.2) is 30.3 Å². The lowest BCUT2D eigenvalue weighted by atomic mass is 10.1. The quantitative estimate of drug-likeness (QED) is 0.779. The van der Waals surface area contributed by atoms with Gasteiger partial charge in [-0.05, 0) is 5.56 Å². The highest BCUT2D eigenvalue weighted by molar-refractivity contribution is 5.15. The van der Waals surface area contributed by atoms with Crippen molar-refractivity contribution in [2.75, 3.05) is 13.1 Å². The lowest BCUT2D eigenvalue weighted by Crippen LogP contribution is -2.21. The molecule has 2 atom stereocenters. The summed E-state index contributed by atoms with van der Waals surface area (Å²) in [6.45, 7) is 1.85. The maximum atomic E-state index is 5.80. The molecule has 2 fully saturated rings. The third-order valence-electron chi connectivity index (χ3n) is 3.00. The van der Waals surface area contributed by atoms with Gasteiger partial charge in [0.15, 0.2) is 6.29 Å². The van der Waals surface area contributed by atoms with E-state index in [9.17, 15) is 0 Å². The van der Waals surface area contributed by atoms with E-state index in [-0.39, 0.29) is 18.5 Å². The van der Waals surface area contributed by atoms with E-state index < -0.39 is 0 Å². The Bertz CT molecular complexity index is 316. The number of hydrogen-bond donors (Lipinski definition) is 1. The van der Waals surface area contributed by atoms with E-state index in [0.717, 1.165) is 19.5 Å². The summed E-state index contributed by atoms with van der Waals surface area (Å²) in [5, 5.41) is 3.26. The lowest BCUT2D eigenvalue weighted by molar-refractivity contribution is -0.0682. The molecule has 3 heteroatoms. The van der Waals surface area contributed by atoms with Crippen LogP contribution in [0.2, 0.25) is 0 Å². The summed E-state index contributed by atoms with van der Waals surface area (Å²) in [5.41, 5.74) is 1.27. The van der Waals surface area contributed by atoms with Gasteiger partial charge in [-0.2, -0.15) is 0 Å². The molecule has 2 heterocycles. The van der Waals surface area contributed by atoms with Gasteiger partial charge in [-0.1, -0.05) is 30.3 Å². The number of fused-ring (bicyclic) bond motifs is 1. The second-order valence-corrected chi connectivity index (χ2v) is 4.13. The van der Waals surface area contributed by atoms with E-state index in [1.54, 1.807) is 0 Å². The molecule has 0 aromatic heterocycles. The molecule has 15 heavy (non-hydrogen) atoms. The van der Waals surface area contributed by atoms with Crippen LogP contribution < -0.4 is 5.32 Å². The van der Waals surface area contributed by atoms with Gasteiger partial charge in [0.05, 0.1) is 0 Å². The standard InChI is InChI=1S/C12H15NO2/c1-2-4-9(5-3-1)6-12-14-10-7-13-8-11(10)15-12/h1-5,10-13H,6-8H2. The average molecular weight is 205 g/mol. The number of hydrogen-bond acceptors (Lipinski definition) is 3. The van der Waals surface area contributed by atoms with Gasteiger partial charge in [-0.25, -0.2) is 0 Å². The summed E-state index contributed by atoms with van der Waals surface area (Å²) in [4.78, 5) is 0. The molecule has 3 rings (SSSR count). The number of nitrogens with one attached hydrogen (secondary N) is 1. The molecule has 1 aromatic rings. The first-order valence-corrected chi connectivity index (χ1v) is 5.47. The highest BCUT2D eigenvalue weighted by atomic mass is 16.7. The first-order chi connectivity index (χ1) is 7.42. The molecule has 80 valence electrons. The Morgan fingerprint density at radius 2 is 1.73 bits per heavy atom. The molecule has 0 radical (unpaired) electrons. The third-order valence-corrected chi connectivity index (χ3v) is 3.00. The smallest absolute Gasteiger partial charge is 0.162 e. The van der Waals surface area contributed by atoms with Crippen molar-refractivity contribution in [2.24, 2.45) is 0 Å². The van der Waals surface area contributed by atoms with Crippen LogP contribution >= 0.6 is 0 Å². The Morgan fingerprint density at radius 1 is 1.07 bits per heavy atom. The molecule has 2 unspecified atom stereocenters. The fraction of sp³-hybridized carbons (Fsp3) is 0.500. The Kier molecular flexibility index (Phi) is 2.44. The largest absolute Gasteiger partial charge is 0.345 e. The monoisotopic (exact) mass is 205 g/mol. The van der Waals surface area contributed by atoms with E-state index in [1.165, 1.54) is 5.56 Å². The van der Waals surface area contributed by atoms with Gasteiger partial charge in [0.1, 0.15) is 12.2 Å². The van der Waals surface area contributed by atoms with Crippen LogP contribution in [0, 0.1) is 0 Å². The molecule has 0 bridgehead atoms. The van der Waals surface area contributed by atoms with Crippen LogP contribution in [0.5, 0.6) is 0 Å². The predicted molar refractivity (Wildman–Crippen MR) is 56.5 cm³/mol. The first kappa shape index (κ1) is 9.33. The minimum Gasteiger partial charge on any atom is -0.345 e. The van der Waals surface area contributed by atoms with E-state index >= 15 is 0 Å². The van der Waals surface area contributed by atoms with E-state index in [0.29, 0.717) is 0 Å². The van der Waals surface area contributed by atoms with E-state index in [1.807, 2.05) is 18.2 Å². The van der Waals surface area contributed by atoms with Crippen molar-refractivity contribution in [2.45, 2.75) is 24.9 Å². The second-order valence-electron chi connectivity index (χ2n) is 4.13. The molecule has 1 N–H and O–H groups in total. The predicted octanol–water partition coefficient (Wildman–Crippen LogP) is 0.942. The Hall–Kier alpha value is -0.900. The minimum atomic E-state index is -0.0514. The highest BCUT2D eigenvalue weighted by Crippen LogP contribution is 2.24. The van der Waals surface area contributed by atoms with Gasteiger partial charge in [-0.3, -0.25) is 0 Å². The van der Waals surface area contributed by atoms with Crippen molar-refractivity contribution in [1.82, 2.24) is 5.32 Å². The number of ether oxygens (including phenoxy) is 2. The van der Waals surface area contributed by atoms with Crippen molar-refractivity contribution in [3.63, 3.8) is 0 Å². The SMILES string of the molecule is c1ccc(CC2OC3CNCC3O2)cc1.